The van der Waals surface area contributed by atoms with Crippen molar-refractivity contribution >= 4 is 11.4 Å². The standard InChI is InChI=1S/C12H16F2N2/c1-12(2)5-7(12)6-16-10-4-8(13)3-9(14)11(10)15/h3-4,7,16H,5-6,15H2,1-2H3. The quantitative estimate of drug-likeness (QED) is 0.777. The van der Waals surface area contributed by atoms with E-state index in [4.69, 9.17) is 5.73 Å². The summed E-state index contributed by atoms with van der Waals surface area (Å²) in [4.78, 5) is 0. The molecule has 1 unspecified atom stereocenters. The molecule has 0 radical (unpaired) electrons. The predicted octanol–water partition coefficient (Wildman–Crippen LogP) is 3.00. The van der Waals surface area contributed by atoms with Gasteiger partial charge in [0.05, 0.1) is 11.4 Å². The zero-order valence-corrected chi connectivity index (χ0v) is 9.48. The van der Waals surface area contributed by atoms with E-state index in [9.17, 15) is 8.78 Å². The van der Waals surface area contributed by atoms with Gasteiger partial charge in [0.2, 0.25) is 0 Å². The molecule has 1 aliphatic carbocycles. The van der Waals surface area contributed by atoms with E-state index in [2.05, 4.69) is 19.2 Å². The van der Waals surface area contributed by atoms with Crippen LogP contribution in [0.3, 0.4) is 0 Å². The summed E-state index contributed by atoms with van der Waals surface area (Å²) in [6.07, 6.45) is 1.14. The highest BCUT2D eigenvalue weighted by atomic mass is 19.1. The molecule has 0 spiro atoms. The maximum Gasteiger partial charge on any atom is 0.151 e. The van der Waals surface area contributed by atoms with Gasteiger partial charge in [-0.05, 0) is 23.8 Å². The zero-order valence-electron chi connectivity index (χ0n) is 9.48. The Morgan fingerprint density at radius 1 is 1.44 bits per heavy atom. The fourth-order valence-corrected chi connectivity index (χ4v) is 1.89. The van der Waals surface area contributed by atoms with Crippen molar-refractivity contribution < 1.29 is 8.78 Å². The van der Waals surface area contributed by atoms with Crippen LogP contribution in [0, 0.1) is 23.0 Å². The number of anilines is 2. The van der Waals surface area contributed by atoms with Gasteiger partial charge in [-0.3, -0.25) is 0 Å². The van der Waals surface area contributed by atoms with Crippen molar-refractivity contribution in [1.82, 2.24) is 0 Å². The Labute approximate surface area is 93.8 Å². The summed E-state index contributed by atoms with van der Waals surface area (Å²) >= 11 is 0. The van der Waals surface area contributed by atoms with Gasteiger partial charge in [0.25, 0.3) is 0 Å². The molecule has 4 heteroatoms. The molecule has 1 aromatic rings. The Balaban J connectivity index is 2.04. The van der Waals surface area contributed by atoms with E-state index in [0.717, 1.165) is 12.5 Å². The summed E-state index contributed by atoms with van der Waals surface area (Å²) in [6, 6.07) is 2.02. The molecule has 0 aromatic heterocycles. The highest BCUT2D eigenvalue weighted by molar-refractivity contribution is 5.66. The summed E-state index contributed by atoms with van der Waals surface area (Å²) in [5.74, 6) is -0.764. The van der Waals surface area contributed by atoms with E-state index in [1.54, 1.807) is 0 Å². The minimum atomic E-state index is -0.711. The van der Waals surface area contributed by atoms with E-state index in [0.29, 0.717) is 23.6 Å². The maximum absolute atomic E-state index is 13.1. The van der Waals surface area contributed by atoms with E-state index >= 15 is 0 Å². The van der Waals surface area contributed by atoms with Crippen LogP contribution in [0.1, 0.15) is 20.3 Å². The van der Waals surface area contributed by atoms with Gasteiger partial charge in [-0.15, -0.1) is 0 Å². The first-order valence-electron chi connectivity index (χ1n) is 5.38. The largest absolute Gasteiger partial charge is 0.395 e. The highest BCUT2D eigenvalue weighted by Crippen LogP contribution is 2.51. The summed E-state index contributed by atoms with van der Waals surface area (Å²) in [5, 5.41) is 3.01. The van der Waals surface area contributed by atoms with Crippen LogP contribution in [0.15, 0.2) is 12.1 Å². The Morgan fingerprint density at radius 3 is 2.62 bits per heavy atom. The number of hydrogen-bond donors (Lipinski definition) is 2. The monoisotopic (exact) mass is 226 g/mol. The molecule has 0 amide bonds. The second-order valence-electron chi connectivity index (χ2n) is 5.12. The molecule has 1 atom stereocenters. The van der Waals surface area contributed by atoms with Gasteiger partial charge in [0.1, 0.15) is 5.82 Å². The summed E-state index contributed by atoms with van der Waals surface area (Å²) in [6.45, 7) is 5.06. The number of nitrogens with one attached hydrogen (secondary N) is 1. The molecule has 1 aliphatic rings. The maximum atomic E-state index is 13.1. The van der Waals surface area contributed by atoms with Crippen molar-refractivity contribution in [2.75, 3.05) is 17.6 Å². The van der Waals surface area contributed by atoms with Gasteiger partial charge >= 0.3 is 0 Å². The fraction of sp³-hybridized carbons (Fsp3) is 0.500. The Bertz CT molecular complexity index is 416. The van der Waals surface area contributed by atoms with Gasteiger partial charge in [-0.2, -0.15) is 0 Å². The molecule has 2 nitrogen and oxygen atoms in total. The molecule has 2 rings (SSSR count). The molecule has 1 saturated carbocycles. The van der Waals surface area contributed by atoms with E-state index in [1.807, 2.05) is 0 Å². The van der Waals surface area contributed by atoms with Gasteiger partial charge in [-0.25, -0.2) is 8.78 Å². The summed E-state index contributed by atoms with van der Waals surface area (Å²) in [7, 11) is 0. The average Bonchev–Trinajstić information content (AvgIpc) is 2.78. The Hall–Kier alpha value is -1.32. The molecule has 1 fully saturated rings. The second kappa shape index (κ2) is 3.61. The smallest absolute Gasteiger partial charge is 0.151 e. The van der Waals surface area contributed by atoms with Crippen molar-refractivity contribution in [3.8, 4) is 0 Å². The molecule has 0 heterocycles. The first-order valence-corrected chi connectivity index (χ1v) is 5.38. The lowest BCUT2D eigenvalue weighted by Gasteiger charge is -2.11. The Morgan fingerprint density at radius 2 is 2.06 bits per heavy atom. The van der Waals surface area contributed by atoms with E-state index in [1.165, 1.54) is 6.07 Å². The summed E-state index contributed by atoms with van der Waals surface area (Å²) in [5.41, 5.74) is 6.20. The van der Waals surface area contributed by atoms with Crippen LogP contribution in [-0.4, -0.2) is 6.54 Å². The lowest BCUT2D eigenvalue weighted by atomic mass is 10.1. The van der Waals surface area contributed by atoms with E-state index in [-0.39, 0.29) is 5.69 Å². The summed E-state index contributed by atoms with van der Waals surface area (Å²) < 4.78 is 26.1. The molecule has 3 N–H and O–H groups in total. The van der Waals surface area contributed by atoms with Gasteiger partial charge in [-0.1, -0.05) is 13.8 Å². The molecular weight excluding hydrogens is 210 g/mol. The third kappa shape index (κ3) is 2.10. The molecular formula is C12H16F2N2. The fourth-order valence-electron chi connectivity index (χ4n) is 1.89. The van der Waals surface area contributed by atoms with Gasteiger partial charge in [0.15, 0.2) is 5.82 Å². The normalized spacial score (nSPS) is 21.9. The average molecular weight is 226 g/mol. The van der Waals surface area contributed by atoms with Crippen LogP contribution in [0.4, 0.5) is 20.2 Å². The SMILES string of the molecule is CC1(C)CC1CNc1cc(F)cc(F)c1N. The van der Waals surface area contributed by atoms with Gasteiger partial charge in [0, 0.05) is 12.6 Å². The predicted molar refractivity (Wildman–Crippen MR) is 61.1 cm³/mol. The van der Waals surface area contributed by atoms with Crippen molar-refractivity contribution in [2.45, 2.75) is 20.3 Å². The van der Waals surface area contributed by atoms with Gasteiger partial charge < -0.3 is 11.1 Å². The number of nitrogen functional groups attached to an aromatic ring is 1. The van der Waals surface area contributed by atoms with Crippen molar-refractivity contribution in [2.24, 2.45) is 11.3 Å². The number of hydrogen-bond acceptors (Lipinski definition) is 2. The molecule has 1 aromatic carbocycles. The third-order valence-electron chi connectivity index (χ3n) is 3.35. The molecule has 16 heavy (non-hydrogen) atoms. The number of rotatable bonds is 3. The van der Waals surface area contributed by atoms with Crippen LogP contribution in [-0.2, 0) is 0 Å². The number of benzene rings is 1. The van der Waals surface area contributed by atoms with Crippen molar-refractivity contribution in [3.63, 3.8) is 0 Å². The molecule has 0 saturated heterocycles. The molecule has 88 valence electrons. The highest BCUT2D eigenvalue weighted by Gasteiger charge is 2.44. The number of halogens is 2. The Kier molecular flexibility index (Phi) is 2.52. The minimum absolute atomic E-state index is 0.0140. The van der Waals surface area contributed by atoms with Crippen LogP contribution in [0.25, 0.3) is 0 Å². The molecule has 0 aliphatic heterocycles. The van der Waals surface area contributed by atoms with Crippen LogP contribution < -0.4 is 11.1 Å². The minimum Gasteiger partial charge on any atom is -0.395 e. The second-order valence-corrected chi connectivity index (χ2v) is 5.12. The zero-order chi connectivity index (χ0) is 11.9. The molecule has 0 bridgehead atoms. The van der Waals surface area contributed by atoms with Crippen molar-refractivity contribution in [3.05, 3.63) is 23.8 Å². The first-order chi connectivity index (χ1) is 7.40. The number of nitrogens with two attached hydrogens (primary N) is 1. The lowest BCUT2D eigenvalue weighted by molar-refractivity contribution is 0.571. The van der Waals surface area contributed by atoms with Crippen LogP contribution >= 0.6 is 0 Å². The topological polar surface area (TPSA) is 38.0 Å². The van der Waals surface area contributed by atoms with E-state index < -0.39 is 11.6 Å². The first kappa shape index (κ1) is 11.2. The third-order valence-corrected chi connectivity index (χ3v) is 3.35. The van der Waals surface area contributed by atoms with Crippen LogP contribution in [0.5, 0.6) is 0 Å². The lowest BCUT2D eigenvalue weighted by Crippen LogP contribution is -2.10. The van der Waals surface area contributed by atoms with Crippen LogP contribution in [0.2, 0.25) is 0 Å². The van der Waals surface area contributed by atoms with Crippen molar-refractivity contribution in [1.29, 1.82) is 0 Å².